The molecular weight excluding hydrogens is 1790 g/mol. The normalized spacial score (nSPS) is 27.1. The molecule has 46 heteroatoms. The highest BCUT2D eigenvalue weighted by atomic mass is 79.9. The van der Waals surface area contributed by atoms with Gasteiger partial charge in [0.1, 0.15) is 95.0 Å². The lowest BCUT2D eigenvalue weighted by molar-refractivity contribution is -0.227. The Morgan fingerprint density at radius 1 is 0.472 bits per heavy atom. The Bertz CT molecular complexity index is 4880. The van der Waals surface area contributed by atoms with E-state index in [-0.39, 0.29) is 105 Å². The Hall–Kier alpha value is -7.74. The van der Waals surface area contributed by atoms with Crippen molar-refractivity contribution in [1.82, 2.24) is 73.0 Å². The van der Waals surface area contributed by atoms with Gasteiger partial charge < -0.3 is 72.8 Å². The van der Waals surface area contributed by atoms with Crippen LogP contribution in [0.15, 0.2) is 65.3 Å². The number of carbonyl (C=O) groups excluding carboxylic acids is 1. The van der Waals surface area contributed by atoms with Crippen molar-refractivity contribution in [3.8, 4) is 0 Å². The zero-order valence-corrected chi connectivity index (χ0v) is 75.7. The number of hydrogen-bond donors (Lipinski definition) is 9. The molecule has 5 aliphatic rings. The number of anilines is 5. The Morgan fingerprint density at radius 3 is 1.08 bits per heavy atom. The van der Waals surface area contributed by atoms with E-state index in [4.69, 9.17) is 79.6 Å². The van der Waals surface area contributed by atoms with E-state index < -0.39 is 149 Å². The lowest BCUT2D eigenvalue weighted by Crippen LogP contribution is -2.37. The minimum atomic E-state index is -2.18. The summed E-state index contributed by atoms with van der Waals surface area (Å²) in [7, 11) is -2.86. The summed E-state index contributed by atoms with van der Waals surface area (Å²) in [5.41, 5.74) is 30.4. The van der Waals surface area contributed by atoms with Gasteiger partial charge in [-0.2, -0.15) is 69.0 Å². The molecule has 19 atom stereocenters. The predicted octanol–water partition coefficient (Wildman–Crippen LogP) is 14.5. The summed E-state index contributed by atoms with van der Waals surface area (Å²) in [4.78, 5) is 27.5. The lowest BCUT2D eigenvalue weighted by Gasteiger charge is -2.24. The zero-order valence-electron chi connectivity index (χ0n) is 69.5. The lowest BCUT2D eigenvalue weighted by atomic mass is 9.95. The Labute approximate surface area is 727 Å². The molecule has 2 unspecified atom stereocenters. The molecule has 5 saturated heterocycles. The highest BCUT2D eigenvalue weighted by Crippen LogP contribution is 2.47. The molecule has 0 saturated carbocycles. The highest BCUT2D eigenvalue weighted by Gasteiger charge is 2.57. The van der Waals surface area contributed by atoms with Gasteiger partial charge in [0.05, 0.1) is 36.3 Å². The van der Waals surface area contributed by atoms with Crippen molar-refractivity contribution in [3.05, 3.63) is 118 Å². The molecule has 15 heterocycles. The number of alkyl halides is 5. The van der Waals surface area contributed by atoms with Crippen LogP contribution >= 0.6 is 38.1 Å². The van der Waals surface area contributed by atoms with E-state index in [1.165, 1.54) is 63.6 Å². The standard InChI is InChI=1S/2C13H16F2N4O2.C13H16F2N4O.C11H12F2N4O3.C7H11FO2.C6H4BrFN4.C6H16Cl2Si2.C6H16Si.2CH4/c2*1-3-8-6(2)10(14)13(20,21-8)9-5-4-7-11(16)17-12(15)18-19(7)9;1-3-9-6(2)10(14)11(20-9)7-4-5-8-12(16)17-13(15)18-19(7)8;12-7-8(19)6(3-18)20-9(7)4-1-2-5-10(14)15-11(13)16-17(4)5;1-3-5-4(2)6(8)7(9)10-5;7-4-2-1-3-5(9)10-6(8)11-12(3)4;1-9(2,7)5-6-10(3,4)8;1-4-7(5-2)6-3;;/h2*4-6,8,10,20H,3H2,1-2H3,(H2,16,17,18);4-6,9-11H,3H2,1-2H3,(H2,16,17,18);1-2,6-9,18-19H,3H2,(H2,14,15,16);4-6H,3H2,1-2H3;1-2H,(H2,9,10,11);5-6H2,1-4H3;7H,4-6H2,1-3H3;2*1H4/t2*6-,8-,10-,13?;6-,9-,10-,11+;6-,7-,8-,9+;4-,5-,6-;;;;;/m11111...../s1. The number of aliphatic hydroxyl groups is 4. The topological polar surface area (TPSA) is 425 Å². The van der Waals surface area contributed by atoms with Gasteiger partial charge in [0.2, 0.25) is 17.7 Å². The van der Waals surface area contributed by atoms with Crippen molar-refractivity contribution in [1.29, 1.82) is 0 Å². The predicted molar refractivity (Wildman–Crippen MR) is 461 cm³/mol. The van der Waals surface area contributed by atoms with E-state index >= 15 is 0 Å². The van der Waals surface area contributed by atoms with E-state index in [0.29, 0.717) is 46.1 Å². The maximum Gasteiger partial charge on any atom is 0.341 e. The van der Waals surface area contributed by atoms with Crippen LogP contribution in [0.1, 0.15) is 152 Å². The monoisotopic (exact) mass is 1900 g/mol. The molecule has 0 aliphatic carbocycles. The number of nitrogens with two attached hydrogens (primary N) is 5. The molecule has 30 nitrogen and oxygen atoms in total. The summed E-state index contributed by atoms with van der Waals surface area (Å²) in [5, 5.41) is 57.7. The van der Waals surface area contributed by atoms with E-state index in [1.54, 1.807) is 45.0 Å². The first-order chi connectivity index (χ1) is 56.7. The number of aromatic nitrogens is 15. The first-order valence-corrected chi connectivity index (χ1v) is 51.3. The Balaban J connectivity index is 0.000000222. The average molecular weight is 1910 g/mol. The van der Waals surface area contributed by atoms with Crippen molar-refractivity contribution in [2.45, 2.75) is 264 Å². The van der Waals surface area contributed by atoms with Crippen molar-refractivity contribution in [2.24, 2.45) is 23.7 Å². The van der Waals surface area contributed by atoms with Gasteiger partial charge in [-0.1, -0.05) is 135 Å². The number of hydrogen-bond acceptors (Lipinski definition) is 25. The number of aliphatic hydroxyl groups excluding tert-OH is 2. The summed E-state index contributed by atoms with van der Waals surface area (Å²) >= 11 is 15.5. The van der Waals surface area contributed by atoms with Crippen molar-refractivity contribution < 1.29 is 92.8 Å². The molecule has 5 fully saturated rings. The van der Waals surface area contributed by atoms with Gasteiger partial charge in [-0.05, 0) is 114 Å². The van der Waals surface area contributed by atoms with E-state index in [9.17, 15) is 64.0 Å². The number of rotatable bonds is 15. The molecule has 15 rings (SSSR count). The first-order valence-electron chi connectivity index (χ1n) is 39.6. The number of cyclic esters (lactones) is 1. The molecule has 14 N–H and O–H groups in total. The molecule has 686 valence electrons. The highest BCUT2D eigenvalue weighted by molar-refractivity contribution is 9.10. The van der Waals surface area contributed by atoms with E-state index in [2.05, 4.69) is 113 Å². The number of ether oxygens (including phenoxy) is 5. The fourth-order valence-electron chi connectivity index (χ4n) is 14.5. The average Bonchev–Trinajstić information content (AvgIpc) is 1.59. The molecule has 0 bridgehead atoms. The van der Waals surface area contributed by atoms with Crippen LogP contribution in [0.5, 0.6) is 0 Å². The molecular formula is C77H115BrCl2F10N20O10Si3. The first kappa shape index (κ1) is 104. The maximum atomic E-state index is 14.5. The molecule has 10 aromatic rings. The summed E-state index contributed by atoms with van der Waals surface area (Å²) in [6.07, 6.45) is -15.7. The number of carbonyl (C=O) groups is 1. The van der Waals surface area contributed by atoms with Gasteiger partial charge in [0, 0.05) is 32.5 Å². The van der Waals surface area contributed by atoms with Crippen LogP contribution in [0, 0.1) is 54.1 Å². The van der Waals surface area contributed by atoms with Gasteiger partial charge in [-0.15, -0.1) is 25.5 Å². The number of fused-ring (bicyclic) bond motifs is 5. The van der Waals surface area contributed by atoms with Gasteiger partial charge in [0.25, 0.3) is 0 Å². The fraction of sp³-hybridized carbons (Fsp3) is 0.597. The summed E-state index contributed by atoms with van der Waals surface area (Å²) < 4.78 is 169. The molecule has 0 aromatic carbocycles. The third-order valence-corrected chi connectivity index (χ3v) is 30.4. The van der Waals surface area contributed by atoms with Crippen LogP contribution < -0.4 is 28.7 Å². The quantitative estimate of drug-likeness (QED) is 0.0199. The van der Waals surface area contributed by atoms with Gasteiger partial charge >= 0.3 is 36.4 Å². The van der Waals surface area contributed by atoms with Crippen LogP contribution in [-0.2, 0) is 40.1 Å². The van der Waals surface area contributed by atoms with Crippen molar-refractivity contribution >= 4 is 124 Å². The third kappa shape index (κ3) is 23.7. The second-order valence-corrected chi connectivity index (χ2v) is 50.2. The summed E-state index contributed by atoms with van der Waals surface area (Å²) in [5.74, 6) is -6.63. The fourth-order valence-corrected chi connectivity index (χ4v) is 23.1. The molecule has 10 aromatic heterocycles. The largest absolute Gasteiger partial charge is 0.460 e. The van der Waals surface area contributed by atoms with Crippen LogP contribution in [0.2, 0.25) is 56.4 Å². The zero-order chi connectivity index (χ0) is 90.2. The molecule has 0 radical (unpaired) electrons. The number of esters is 1. The summed E-state index contributed by atoms with van der Waals surface area (Å²) in [6, 6.07) is 22.3. The summed E-state index contributed by atoms with van der Waals surface area (Å²) in [6.45, 7) is 29.5. The molecule has 5 aliphatic heterocycles. The van der Waals surface area contributed by atoms with E-state index in [0.717, 1.165) is 32.1 Å². The number of nitrogens with zero attached hydrogens (tertiary/aromatic N) is 15. The van der Waals surface area contributed by atoms with E-state index in [1.807, 2.05) is 34.6 Å². The Morgan fingerprint density at radius 2 is 0.789 bits per heavy atom. The van der Waals surface area contributed by atoms with Crippen LogP contribution in [-0.4, -0.2) is 197 Å². The maximum absolute atomic E-state index is 14.5. The van der Waals surface area contributed by atoms with Crippen molar-refractivity contribution in [2.75, 3.05) is 35.3 Å². The second kappa shape index (κ2) is 43.6. The smallest absolute Gasteiger partial charge is 0.341 e. The van der Waals surface area contributed by atoms with Crippen molar-refractivity contribution in [3.63, 3.8) is 0 Å². The molecule has 123 heavy (non-hydrogen) atoms. The van der Waals surface area contributed by atoms with Gasteiger partial charge in [-0.3, -0.25) is 0 Å². The number of nitrogen functional groups attached to an aromatic ring is 5. The molecule has 0 spiro atoms. The second-order valence-electron chi connectivity index (χ2n) is 31.2. The Kier molecular flexibility index (Phi) is 36.9. The van der Waals surface area contributed by atoms with Crippen LogP contribution in [0.25, 0.3) is 27.6 Å². The SMILES string of the molecule is C.C.CC[C@H]1OC(=O)[C@H](F)[C@@H]1C.CC[C@H]1OC(O)(c2ccc3c(N)nc(F)nn23)[C@H](F)[C@@H]1C.CC[C@H]1OC(O)(c2ccc3c(N)nc(F)nn23)[C@H](F)[C@@H]1C.CC[C@H]1O[C@@H](c2ccc3c(N)nc(F)nn23)[C@H](F)[C@@H]1C.CC[SiH](CC)CC.C[Si](C)(Cl)CC[Si](C)(C)Cl.Nc1nc(F)nn2c(Br)ccc12.Nc1nc(F)nn2c([C@@H]3O[C@H](CO)[C@@H](O)[C@H]3F)ccc12. The van der Waals surface area contributed by atoms with Gasteiger partial charge in [0.15, 0.2) is 47.6 Å². The van der Waals surface area contributed by atoms with Crippen LogP contribution in [0.3, 0.4) is 0 Å². The molecule has 0 amide bonds. The third-order valence-electron chi connectivity index (χ3n) is 21.8. The minimum absolute atomic E-state index is 0. The number of halogens is 13. The minimum Gasteiger partial charge on any atom is -0.460 e. The van der Waals surface area contributed by atoms with Crippen LogP contribution in [0.4, 0.5) is 73.0 Å². The van der Waals surface area contributed by atoms with Gasteiger partial charge in [-0.25, -0.2) is 49.3 Å².